The predicted octanol–water partition coefficient (Wildman–Crippen LogP) is 2.68. The van der Waals surface area contributed by atoms with Gasteiger partial charge in [-0.1, -0.05) is 18.2 Å². The first-order valence-electron chi connectivity index (χ1n) is 6.20. The summed E-state index contributed by atoms with van der Waals surface area (Å²) >= 11 is 0. The molecule has 1 heterocycles. The highest BCUT2D eigenvalue weighted by Crippen LogP contribution is 2.47. The number of hydrogen-bond acceptors (Lipinski definition) is 2. The van der Waals surface area contributed by atoms with Crippen molar-refractivity contribution in [1.29, 1.82) is 0 Å². The minimum Gasteiger partial charge on any atom is -0.481 e. The molecule has 98 valence electrons. The molecule has 3 nitrogen and oxygen atoms in total. The highest BCUT2D eigenvalue weighted by atomic mass is 16.5. The van der Waals surface area contributed by atoms with E-state index in [0.29, 0.717) is 13.2 Å². The Bertz CT molecular complexity index is 485. The molecule has 0 unspecified atom stereocenters. The van der Waals surface area contributed by atoms with Gasteiger partial charge in [-0.3, -0.25) is 4.79 Å². The maximum atomic E-state index is 11.5. The molecule has 0 bridgehead atoms. The molecule has 1 aliphatic heterocycles. The van der Waals surface area contributed by atoms with Gasteiger partial charge < -0.3 is 9.84 Å². The van der Waals surface area contributed by atoms with Crippen molar-refractivity contribution in [3.8, 4) is 0 Å². The molecular weight excluding hydrogens is 228 g/mol. The second-order valence-corrected chi connectivity index (χ2v) is 5.80. The van der Waals surface area contributed by atoms with E-state index < -0.39 is 16.8 Å². The third kappa shape index (κ3) is 1.65. The van der Waals surface area contributed by atoms with Crippen molar-refractivity contribution >= 4 is 5.97 Å². The third-order valence-electron chi connectivity index (χ3n) is 4.49. The first kappa shape index (κ1) is 13.1. The van der Waals surface area contributed by atoms with Crippen LogP contribution in [0.5, 0.6) is 0 Å². The van der Waals surface area contributed by atoms with Crippen LogP contribution in [-0.4, -0.2) is 24.3 Å². The summed E-state index contributed by atoms with van der Waals surface area (Å²) < 4.78 is 5.34. The molecule has 0 spiro atoms. The molecule has 1 aromatic carbocycles. The predicted molar refractivity (Wildman–Crippen MR) is 69.8 cm³/mol. The molecule has 0 atom stereocenters. The Kier molecular flexibility index (Phi) is 2.98. The number of rotatable bonds is 3. The van der Waals surface area contributed by atoms with E-state index in [1.54, 1.807) is 13.8 Å². The molecule has 0 aromatic heterocycles. The first-order chi connectivity index (χ1) is 8.31. The van der Waals surface area contributed by atoms with Crippen LogP contribution in [0.4, 0.5) is 0 Å². The fourth-order valence-corrected chi connectivity index (χ4v) is 2.44. The summed E-state index contributed by atoms with van der Waals surface area (Å²) in [6.07, 6.45) is 0. The maximum Gasteiger partial charge on any atom is 0.310 e. The van der Waals surface area contributed by atoms with Crippen molar-refractivity contribution in [2.24, 2.45) is 5.41 Å². The Balaban J connectivity index is 2.51. The third-order valence-corrected chi connectivity index (χ3v) is 4.49. The topological polar surface area (TPSA) is 46.5 Å². The van der Waals surface area contributed by atoms with Crippen LogP contribution in [0.1, 0.15) is 30.5 Å². The highest BCUT2D eigenvalue weighted by Gasteiger charge is 2.56. The van der Waals surface area contributed by atoms with Gasteiger partial charge in [-0.15, -0.1) is 0 Å². The van der Waals surface area contributed by atoms with Gasteiger partial charge in [0.1, 0.15) is 0 Å². The molecule has 1 saturated heterocycles. The number of ether oxygens (including phenoxy) is 1. The van der Waals surface area contributed by atoms with E-state index in [9.17, 15) is 9.90 Å². The lowest BCUT2D eigenvalue weighted by Gasteiger charge is -2.50. The van der Waals surface area contributed by atoms with Crippen molar-refractivity contribution < 1.29 is 14.6 Å². The Morgan fingerprint density at radius 1 is 1.28 bits per heavy atom. The van der Waals surface area contributed by atoms with Crippen molar-refractivity contribution in [2.75, 3.05) is 13.2 Å². The molecule has 3 heteroatoms. The van der Waals surface area contributed by atoms with Gasteiger partial charge in [0.25, 0.3) is 0 Å². The molecular formula is C15H20O3. The van der Waals surface area contributed by atoms with Crippen molar-refractivity contribution in [1.82, 2.24) is 0 Å². The summed E-state index contributed by atoms with van der Waals surface area (Å²) in [7, 11) is 0. The molecule has 0 aliphatic carbocycles. The molecule has 18 heavy (non-hydrogen) atoms. The van der Waals surface area contributed by atoms with Crippen LogP contribution in [0, 0.1) is 19.3 Å². The van der Waals surface area contributed by atoms with E-state index in [1.807, 2.05) is 6.07 Å². The summed E-state index contributed by atoms with van der Waals surface area (Å²) in [5.41, 5.74) is 2.26. The lowest BCUT2D eigenvalue weighted by atomic mass is 9.60. The van der Waals surface area contributed by atoms with Crippen molar-refractivity contribution in [3.63, 3.8) is 0 Å². The quantitative estimate of drug-likeness (QED) is 0.894. The maximum absolute atomic E-state index is 11.5. The number of aliphatic carboxylic acids is 1. The van der Waals surface area contributed by atoms with Crippen LogP contribution in [0.15, 0.2) is 18.2 Å². The van der Waals surface area contributed by atoms with Gasteiger partial charge in [0.2, 0.25) is 0 Å². The Morgan fingerprint density at radius 2 is 1.89 bits per heavy atom. The van der Waals surface area contributed by atoms with E-state index in [1.165, 1.54) is 11.1 Å². The molecule has 2 rings (SSSR count). The van der Waals surface area contributed by atoms with E-state index in [4.69, 9.17) is 4.74 Å². The molecule has 0 amide bonds. The zero-order valence-electron chi connectivity index (χ0n) is 11.4. The molecule has 1 aromatic rings. The number of carboxylic acids is 1. The summed E-state index contributed by atoms with van der Waals surface area (Å²) in [5, 5.41) is 9.47. The Labute approximate surface area is 108 Å². The fourth-order valence-electron chi connectivity index (χ4n) is 2.44. The lowest BCUT2D eigenvalue weighted by Crippen LogP contribution is -2.59. The summed E-state index contributed by atoms with van der Waals surface area (Å²) in [6.45, 7) is 8.65. The fraction of sp³-hybridized carbons (Fsp3) is 0.533. The minimum absolute atomic E-state index is 0.405. The zero-order valence-corrected chi connectivity index (χ0v) is 11.4. The Hall–Kier alpha value is -1.35. The minimum atomic E-state index is -0.826. The average molecular weight is 248 g/mol. The van der Waals surface area contributed by atoms with Gasteiger partial charge in [0.15, 0.2) is 0 Å². The standard InChI is InChI=1S/C15H20O3/c1-10-5-6-12(7-11(10)2)15(8-18-9-15)14(3,4)13(16)17/h5-7H,8-9H2,1-4H3,(H,16,17). The van der Waals surface area contributed by atoms with Crippen LogP contribution in [-0.2, 0) is 14.9 Å². The summed E-state index contributed by atoms with van der Waals surface area (Å²) in [6, 6.07) is 6.20. The molecule has 1 fully saturated rings. The van der Waals surface area contributed by atoms with Crippen LogP contribution in [0.2, 0.25) is 0 Å². The number of aryl methyl sites for hydroxylation is 2. The summed E-state index contributed by atoms with van der Waals surface area (Å²) in [5.74, 6) is -0.774. The monoisotopic (exact) mass is 248 g/mol. The van der Waals surface area contributed by atoms with Gasteiger partial charge in [-0.2, -0.15) is 0 Å². The SMILES string of the molecule is Cc1ccc(C2(C(C)(C)C(=O)O)COC2)cc1C. The van der Waals surface area contributed by atoms with E-state index >= 15 is 0 Å². The largest absolute Gasteiger partial charge is 0.481 e. The van der Waals surface area contributed by atoms with E-state index in [2.05, 4.69) is 26.0 Å². The number of carboxylic acid groups (broad SMARTS) is 1. The van der Waals surface area contributed by atoms with Crippen LogP contribution in [0.3, 0.4) is 0 Å². The van der Waals surface area contributed by atoms with Gasteiger partial charge >= 0.3 is 5.97 Å². The van der Waals surface area contributed by atoms with Gasteiger partial charge in [-0.05, 0) is 44.4 Å². The first-order valence-corrected chi connectivity index (χ1v) is 6.20. The van der Waals surface area contributed by atoms with Crippen LogP contribution in [0.25, 0.3) is 0 Å². The Morgan fingerprint density at radius 3 is 2.28 bits per heavy atom. The lowest BCUT2D eigenvalue weighted by molar-refractivity contribution is -0.171. The summed E-state index contributed by atoms with van der Waals surface area (Å²) in [4.78, 5) is 11.5. The normalized spacial score (nSPS) is 18.2. The second-order valence-electron chi connectivity index (χ2n) is 5.80. The van der Waals surface area contributed by atoms with E-state index in [-0.39, 0.29) is 0 Å². The van der Waals surface area contributed by atoms with Crippen LogP contribution < -0.4 is 0 Å². The molecule has 1 N–H and O–H groups in total. The van der Waals surface area contributed by atoms with Crippen molar-refractivity contribution in [2.45, 2.75) is 33.1 Å². The van der Waals surface area contributed by atoms with Gasteiger partial charge in [-0.25, -0.2) is 0 Å². The second kappa shape index (κ2) is 4.09. The van der Waals surface area contributed by atoms with E-state index in [0.717, 1.165) is 5.56 Å². The van der Waals surface area contributed by atoms with Gasteiger partial charge in [0, 0.05) is 0 Å². The molecule has 0 saturated carbocycles. The zero-order chi connectivity index (χ0) is 13.6. The number of benzene rings is 1. The number of carbonyl (C=O) groups is 1. The number of hydrogen-bond donors (Lipinski definition) is 1. The van der Waals surface area contributed by atoms with Crippen molar-refractivity contribution in [3.05, 3.63) is 34.9 Å². The van der Waals surface area contributed by atoms with Gasteiger partial charge in [0.05, 0.1) is 24.0 Å². The average Bonchev–Trinajstić information content (AvgIpc) is 2.21. The highest BCUT2D eigenvalue weighted by molar-refractivity contribution is 5.77. The molecule has 1 aliphatic rings. The smallest absolute Gasteiger partial charge is 0.310 e. The molecule has 0 radical (unpaired) electrons. The van der Waals surface area contributed by atoms with Crippen LogP contribution >= 0.6 is 0 Å².